The summed E-state index contributed by atoms with van der Waals surface area (Å²) in [6.45, 7) is 10.6. The fourth-order valence-electron chi connectivity index (χ4n) is 2.92. The standard InChI is InChI=1S/C26H36N2O4/c1-19(2)16-27-17-24(29)23(28-25(30)32-26(3,4)5)15-20-11-13-22(14-12-20)31-18-21-9-7-6-8-10-21/h6-14,17,19,23-24,29H,15-16,18H2,1-5H3,(H,28,30). The van der Waals surface area contributed by atoms with Crippen molar-refractivity contribution in [1.82, 2.24) is 5.32 Å². The van der Waals surface area contributed by atoms with E-state index in [-0.39, 0.29) is 0 Å². The predicted molar refractivity (Wildman–Crippen MR) is 128 cm³/mol. The Labute approximate surface area is 191 Å². The summed E-state index contributed by atoms with van der Waals surface area (Å²) in [6.07, 6.45) is 0.420. The number of aliphatic hydroxyl groups is 1. The summed E-state index contributed by atoms with van der Waals surface area (Å²) >= 11 is 0. The van der Waals surface area contributed by atoms with E-state index < -0.39 is 23.8 Å². The van der Waals surface area contributed by atoms with Gasteiger partial charge in [0.25, 0.3) is 0 Å². The molecule has 0 saturated carbocycles. The van der Waals surface area contributed by atoms with Gasteiger partial charge in [0.15, 0.2) is 0 Å². The van der Waals surface area contributed by atoms with Crippen LogP contribution in [-0.4, -0.2) is 41.7 Å². The van der Waals surface area contributed by atoms with Crippen LogP contribution in [0.5, 0.6) is 5.75 Å². The third-order valence-corrected chi connectivity index (χ3v) is 4.47. The first-order chi connectivity index (χ1) is 15.1. The lowest BCUT2D eigenvalue weighted by Crippen LogP contribution is -2.47. The number of amides is 1. The summed E-state index contributed by atoms with van der Waals surface area (Å²) in [7, 11) is 0. The van der Waals surface area contributed by atoms with Crippen LogP contribution >= 0.6 is 0 Å². The molecule has 2 aromatic rings. The number of nitrogens with one attached hydrogen (secondary N) is 1. The van der Waals surface area contributed by atoms with Gasteiger partial charge in [0.1, 0.15) is 24.1 Å². The third-order valence-electron chi connectivity index (χ3n) is 4.47. The molecule has 0 aliphatic carbocycles. The highest BCUT2D eigenvalue weighted by Crippen LogP contribution is 2.16. The lowest BCUT2D eigenvalue weighted by molar-refractivity contribution is 0.0465. The van der Waals surface area contributed by atoms with Crippen molar-refractivity contribution in [3.8, 4) is 5.75 Å². The Kier molecular flexibility index (Phi) is 9.72. The first-order valence-corrected chi connectivity index (χ1v) is 11.1. The van der Waals surface area contributed by atoms with Gasteiger partial charge < -0.3 is 19.9 Å². The number of alkyl carbamates (subject to hydrolysis) is 1. The number of aliphatic hydroxyl groups excluding tert-OH is 1. The molecule has 174 valence electrons. The van der Waals surface area contributed by atoms with Gasteiger partial charge in [-0.15, -0.1) is 0 Å². The van der Waals surface area contributed by atoms with Crippen LogP contribution in [0, 0.1) is 5.92 Å². The molecule has 1 amide bonds. The Hall–Kier alpha value is -2.86. The normalized spacial score (nSPS) is 13.7. The monoisotopic (exact) mass is 440 g/mol. The number of carbonyl (C=O) groups is 1. The zero-order chi connectivity index (χ0) is 23.6. The second-order valence-corrected chi connectivity index (χ2v) is 9.27. The quantitative estimate of drug-likeness (QED) is 0.521. The summed E-state index contributed by atoms with van der Waals surface area (Å²) in [6, 6.07) is 17.0. The van der Waals surface area contributed by atoms with Crippen molar-refractivity contribution in [2.24, 2.45) is 10.9 Å². The molecule has 0 aliphatic heterocycles. The molecule has 2 aromatic carbocycles. The molecule has 2 unspecified atom stereocenters. The van der Waals surface area contributed by atoms with Gasteiger partial charge in [-0.05, 0) is 56.4 Å². The maximum Gasteiger partial charge on any atom is 0.407 e. The molecule has 0 fully saturated rings. The number of hydrogen-bond acceptors (Lipinski definition) is 5. The van der Waals surface area contributed by atoms with Crippen LogP contribution in [0.4, 0.5) is 4.79 Å². The Morgan fingerprint density at radius 3 is 2.31 bits per heavy atom. The molecule has 0 aromatic heterocycles. The highest BCUT2D eigenvalue weighted by atomic mass is 16.6. The summed E-state index contributed by atoms with van der Waals surface area (Å²) in [5.74, 6) is 1.15. The van der Waals surface area contributed by atoms with Crippen LogP contribution in [0.15, 0.2) is 59.6 Å². The minimum Gasteiger partial charge on any atom is -0.489 e. The number of rotatable bonds is 10. The molecule has 0 bridgehead atoms. The number of benzene rings is 2. The second kappa shape index (κ2) is 12.2. The SMILES string of the molecule is CC(C)CN=CC(O)C(Cc1ccc(OCc2ccccc2)cc1)NC(=O)OC(C)(C)C. The zero-order valence-electron chi connectivity index (χ0n) is 19.7. The molecule has 0 saturated heterocycles. The van der Waals surface area contributed by atoms with E-state index in [1.807, 2.05) is 54.6 Å². The summed E-state index contributed by atoms with van der Waals surface area (Å²) < 4.78 is 11.2. The lowest BCUT2D eigenvalue weighted by Gasteiger charge is -2.25. The number of nitrogens with zero attached hydrogens (tertiary/aromatic N) is 1. The van der Waals surface area contributed by atoms with Crippen molar-refractivity contribution < 1.29 is 19.4 Å². The van der Waals surface area contributed by atoms with Gasteiger partial charge in [-0.3, -0.25) is 4.99 Å². The second-order valence-electron chi connectivity index (χ2n) is 9.27. The van der Waals surface area contributed by atoms with E-state index in [1.165, 1.54) is 6.21 Å². The van der Waals surface area contributed by atoms with Crippen molar-refractivity contribution in [2.45, 2.75) is 65.4 Å². The number of aliphatic imine (C=N–C) groups is 1. The molecular formula is C26H36N2O4. The molecule has 2 N–H and O–H groups in total. The molecule has 0 spiro atoms. The van der Waals surface area contributed by atoms with Gasteiger partial charge in [-0.2, -0.15) is 0 Å². The van der Waals surface area contributed by atoms with E-state index in [0.717, 1.165) is 16.9 Å². The maximum absolute atomic E-state index is 12.3. The fourth-order valence-corrected chi connectivity index (χ4v) is 2.92. The van der Waals surface area contributed by atoms with Crippen LogP contribution in [0.1, 0.15) is 45.7 Å². The minimum absolute atomic E-state index is 0.388. The van der Waals surface area contributed by atoms with Crippen LogP contribution in [0.25, 0.3) is 0 Å². The Morgan fingerprint density at radius 1 is 1.06 bits per heavy atom. The minimum atomic E-state index is -0.935. The van der Waals surface area contributed by atoms with Gasteiger partial charge >= 0.3 is 6.09 Å². The molecule has 32 heavy (non-hydrogen) atoms. The van der Waals surface area contributed by atoms with E-state index in [2.05, 4.69) is 24.2 Å². The van der Waals surface area contributed by atoms with E-state index in [0.29, 0.717) is 25.5 Å². The van der Waals surface area contributed by atoms with Gasteiger partial charge in [-0.1, -0.05) is 56.3 Å². The summed E-state index contributed by atoms with van der Waals surface area (Å²) in [5, 5.41) is 13.4. The summed E-state index contributed by atoms with van der Waals surface area (Å²) in [5.41, 5.74) is 1.43. The molecule has 0 aliphatic rings. The summed E-state index contributed by atoms with van der Waals surface area (Å²) in [4.78, 5) is 16.6. The molecule has 6 heteroatoms. The number of hydrogen-bond donors (Lipinski definition) is 2. The van der Waals surface area contributed by atoms with Crippen molar-refractivity contribution in [3.63, 3.8) is 0 Å². The first kappa shape index (κ1) is 25.4. The molecule has 0 radical (unpaired) electrons. The van der Waals surface area contributed by atoms with Gasteiger partial charge in [0.05, 0.1) is 6.04 Å². The van der Waals surface area contributed by atoms with Crippen molar-refractivity contribution >= 4 is 12.3 Å². The third kappa shape index (κ3) is 9.96. The molecule has 2 atom stereocenters. The molecule has 6 nitrogen and oxygen atoms in total. The Morgan fingerprint density at radius 2 is 1.72 bits per heavy atom. The van der Waals surface area contributed by atoms with Crippen molar-refractivity contribution in [1.29, 1.82) is 0 Å². The van der Waals surface area contributed by atoms with E-state index in [9.17, 15) is 9.90 Å². The highest BCUT2D eigenvalue weighted by molar-refractivity contribution is 5.71. The molecule has 2 rings (SSSR count). The van der Waals surface area contributed by atoms with Crippen LogP contribution in [-0.2, 0) is 17.8 Å². The van der Waals surface area contributed by atoms with Gasteiger partial charge in [-0.25, -0.2) is 4.79 Å². The number of ether oxygens (including phenoxy) is 2. The largest absolute Gasteiger partial charge is 0.489 e. The van der Waals surface area contributed by atoms with E-state index in [4.69, 9.17) is 9.47 Å². The van der Waals surface area contributed by atoms with Gasteiger partial charge in [0, 0.05) is 12.8 Å². The van der Waals surface area contributed by atoms with E-state index >= 15 is 0 Å². The average Bonchev–Trinajstić information content (AvgIpc) is 2.72. The number of carbonyl (C=O) groups excluding carboxylic acids is 1. The smallest absolute Gasteiger partial charge is 0.407 e. The zero-order valence-corrected chi connectivity index (χ0v) is 19.7. The first-order valence-electron chi connectivity index (χ1n) is 11.1. The molecular weight excluding hydrogens is 404 g/mol. The Balaban J connectivity index is 2.02. The van der Waals surface area contributed by atoms with Crippen LogP contribution in [0.2, 0.25) is 0 Å². The maximum atomic E-state index is 12.3. The topological polar surface area (TPSA) is 80.2 Å². The van der Waals surface area contributed by atoms with Crippen molar-refractivity contribution in [2.75, 3.05) is 6.54 Å². The van der Waals surface area contributed by atoms with Crippen LogP contribution < -0.4 is 10.1 Å². The van der Waals surface area contributed by atoms with E-state index in [1.54, 1.807) is 20.8 Å². The lowest BCUT2D eigenvalue weighted by atomic mass is 10.0. The van der Waals surface area contributed by atoms with Gasteiger partial charge in [0.2, 0.25) is 0 Å². The Bertz CT molecular complexity index is 842. The molecule has 0 heterocycles. The average molecular weight is 441 g/mol. The van der Waals surface area contributed by atoms with Crippen molar-refractivity contribution in [3.05, 3.63) is 65.7 Å². The fraction of sp³-hybridized carbons (Fsp3) is 0.462. The highest BCUT2D eigenvalue weighted by Gasteiger charge is 2.24. The predicted octanol–water partition coefficient (Wildman–Crippen LogP) is 4.79. The van der Waals surface area contributed by atoms with Crippen LogP contribution in [0.3, 0.4) is 0 Å².